The van der Waals surface area contributed by atoms with E-state index in [0.29, 0.717) is 25.3 Å². The van der Waals surface area contributed by atoms with Crippen LogP contribution in [0.4, 0.5) is 11.4 Å². The lowest BCUT2D eigenvalue weighted by Crippen LogP contribution is -2.10. The minimum Gasteiger partial charge on any atom is -0.466 e. The number of rotatable bonds is 5. The lowest BCUT2D eigenvalue weighted by atomic mass is 10.2. The number of halogens is 1. The molecule has 2 aromatic heterocycles. The second-order valence-electron chi connectivity index (χ2n) is 4.23. The van der Waals surface area contributed by atoms with Crippen LogP contribution < -0.4 is 11.1 Å². The summed E-state index contributed by atoms with van der Waals surface area (Å²) in [5.41, 5.74) is 8.71. The van der Waals surface area contributed by atoms with Gasteiger partial charge in [0.2, 0.25) is 0 Å². The molecule has 0 aliphatic carbocycles. The molecule has 3 N–H and O–H groups in total. The Morgan fingerprint density at radius 2 is 2.25 bits per heavy atom. The van der Waals surface area contributed by atoms with Crippen molar-refractivity contribution in [1.29, 1.82) is 0 Å². The number of pyridine rings is 2. The van der Waals surface area contributed by atoms with Crippen molar-refractivity contribution >= 4 is 44.3 Å². The second kappa shape index (κ2) is 6.51. The Morgan fingerprint density at radius 1 is 1.45 bits per heavy atom. The van der Waals surface area contributed by atoms with Gasteiger partial charge in [-0.1, -0.05) is 0 Å². The molecule has 0 aliphatic heterocycles. The van der Waals surface area contributed by atoms with E-state index in [1.54, 1.807) is 12.4 Å². The highest BCUT2D eigenvalue weighted by atomic mass is 79.9. The molecule has 6 nitrogen and oxygen atoms in total. The molecule has 2 aromatic rings. The number of nitrogens with two attached hydrogens (primary N) is 1. The number of esters is 1. The van der Waals surface area contributed by atoms with Gasteiger partial charge in [0.1, 0.15) is 5.52 Å². The molecule has 0 atom stereocenters. The van der Waals surface area contributed by atoms with E-state index in [1.165, 1.54) is 6.92 Å². The standard InChI is InChI=1S/C13H15BrN4O2/c1-8(19)20-4-2-3-16-12-10(15)7-17-11-5-9(14)6-18-13(11)12/h5-7H,2-4,15H2,1H3,(H,16,17). The summed E-state index contributed by atoms with van der Waals surface area (Å²) in [4.78, 5) is 19.2. The molecule has 0 radical (unpaired) electrons. The van der Waals surface area contributed by atoms with E-state index in [4.69, 9.17) is 10.5 Å². The van der Waals surface area contributed by atoms with Crippen molar-refractivity contribution in [2.24, 2.45) is 0 Å². The maximum atomic E-state index is 10.7. The topological polar surface area (TPSA) is 90.1 Å². The maximum absolute atomic E-state index is 10.7. The zero-order chi connectivity index (χ0) is 14.5. The predicted octanol–water partition coefficient (Wildman–Crippen LogP) is 2.34. The van der Waals surface area contributed by atoms with E-state index in [0.717, 1.165) is 21.2 Å². The summed E-state index contributed by atoms with van der Waals surface area (Å²) in [5, 5.41) is 3.22. The third-order valence-electron chi connectivity index (χ3n) is 2.63. The fourth-order valence-corrected chi connectivity index (χ4v) is 2.07. The van der Waals surface area contributed by atoms with E-state index >= 15 is 0 Å². The van der Waals surface area contributed by atoms with Crippen LogP contribution in [0.3, 0.4) is 0 Å². The molecule has 0 fully saturated rings. The number of aromatic nitrogens is 2. The van der Waals surface area contributed by atoms with Crippen molar-refractivity contribution in [2.75, 3.05) is 24.2 Å². The minimum absolute atomic E-state index is 0.273. The van der Waals surface area contributed by atoms with Crippen LogP contribution >= 0.6 is 15.9 Å². The molecular weight excluding hydrogens is 324 g/mol. The number of hydrogen-bond donors (Lipinski definition) is 2. The van der Waals surface area contributed by atoms with Crippen LogP contribution in [-0.2, 0) is 9.53 Å². The zero-order valence-corrected chi connectivity index (χ0v) is 12.6. The van der Waals surface area contributed by atoms with Crippen LogP contribution in [0.15, 0.2) is 22.9 Å². The van der Waals surface area contributed by atoms with Gasteiger partial charge in [-0.3, -0.25) is 14.8 Å². The Balaban J connectivity index is 2.08. The van der Waals surface area contributed by atoms with Crippen LogP contribution in [-0.4, -0.2) is 29.1 Å². The van der Waals surface area contributed by atoms with Crippen molar-refractivity contribution in [1.82, 2.24) is 9.97 Å². The first-order valence-electron chi connectivity index (χ1n) is 6.15. The van der Waals surface area contributed by atoms with Gasteiger partial charge in [-0.15, -0.1) is 0 Å². The van der Waals surface area contributed by atoms with Crippen LogP contribution in [0.1, 0.15) is 13.3 Å². The van der Waals surface area contributed by atoms with E-state index < -0.39 is 0 Å². The molecule has 0 bridgehead atoms. The van der Waals surface area contributed by atoms with Crippen molar-refractivity contribution in [3.05, 3.63) is 22.9 Å². The molecule has 0 aliphatic rings. The number of nitrogen functional groups attached to an aromatic ring is 1. The zero-order valence-electron chi connectivity index (χ0n) is 11.0. The van der Waals surface area contributed by atoms with Crippen molar-refractivity contribution < 1.29 is 9.53 Å². The average molecular weight is 339 g/mol. The molecule has 0 saturated carbocycles. The summed E-state index contributed by atoms with van der Waals surface area (Å²) >= 11 is 3.36. The van der Waals surface area contributed by atoms with Gasteiger partial charge in [-0.25, -0.2) is 0 Å². The number of carbonyl (C=O) groups excluding carboxylic acids is 1. The third-order valence-corrected chi connectivity index (χ3v) is 3.06. The van der Waals surface area contributed by atoms with Crippen molar-refractivity contribution in [2.45, 2.75) is 13.3 Å². The van der Waals surface area contributed by atoms with Gasteiger partial charge in [-0.2, -0.15) is 0 Å². The maximum Gasteiger partial charge on any atom is 0.302 e. The minimum atomic E-state index is -0.273. The summed E-state index contributed by atoms with van der Waals surface area (Å²) in [6.45, 7) is 2.40. The van der Waals surface area contributed by atoms with Crippen molar-refractivity contribution in [3.8, 4) is 0 Å². The Hall–Kier alpha value is -1.89. The Kier molecular flexibility index (Phi) is 4.73. The van der Waals surface area contributed by atoms with E-state index in [2.05, 4.69) is 31.2 Å². The molecule has 0 unspecified atom stereocenters. The Bertz CT molecular complexity index is 633. The summed E-state index contributed by atoms with van der Waals surface area (Å²) in [6, 6.07) is 1.88. The quantitative estimate of drug-likeness (QED) is 0.642. The lowest BCUT2D eigenvalue weighted by Gasteiger charge is -2.11. The van der Waals surface area contributed by atoms with Gasteiger partial charge in [-0.05, 0) is 28.4 Å². The number of fused-ring (bicyclic) bond motifs is 1. The van der Waals surface area contributed by atoms with Gasteiger partial charge in [0.25, 0.3) is 0 Å². The Morgan fingerprint density at radius 3 is 3.00 bits per heavy atom. The fraction of sp³-hybridized carbons (Fsp3) is 0.308. The number of hydrogen-bond acceptors (Lipinski definition) is 6. The van der Waals surface area contributed by atoms with Gasteiger partial charge in [0.15, 0.2) is 0 Å². The first-order valence-corrected chi connectivity index (χ1v) is 6.94. The number of nitrogens with zero attached hydrogens (tertiary/aromatic N) is 2. The number of anilines is 2. The highest BCUT2D eigenvalue weighted by molar-refractivity contribution is 9.10. The van der Waals surface area contributed by atoms with Gasteiger partial charge < -0.3 is 15.8 Å². The number of ether oxygens (including phenoxy) is 1. The third kappa shape index (κ3) is 3.57. The van der Waals surface area contributed by atoms with Crippen LogP contribution in [0.2, 0.25) is 0 Å². The predicted molar refractivity (Wildman–Crippen MR) is 81.4 cm³/mol. The molecular formula is C13H15BrN4O2. The largest absolute Gasteiger partial charge is 0.466 e. The summed E-state index contributed by atoms with van der Waals surface area (Å²) < 4.78 is 5.73. The summed E-state index contributed by atoms with van der Waals surface area (Å²) in [6.07, 6.45) is 4.00. The SMILES string of the molecule is CC(=O)OCCCNc1c(N)cnc2cc(Br)cnc12. The molecule has 0 amide bonds. The molecule has 0 spiro atoms. The van der Waals surface area contributed by atoms with Crippen LogP contribution in [0, 0.1) is 0 Å². The van der Waals surface area contributed by atoms with E-state index in [9.17, 15) is 4.79 Å². The van der Waals surface area contributed by atoms with E-state index in [-0.39, 0.29) is 5.97 Å². The Labute approximate surface area is 124 Å². The first-order chi connectivity index (χ1) is 9.58. The van der Waals surface area contributed by atoms with E-state index in [1.807, 2.05) is 6.07 Å². The first kappa shape index (κ1) is 14.5. The highest BCUT2D eigenvalue weighted by Crippen LogP contribution is 2.27. The molecule has 0 saturated heterocycles. The lowest BCUT2D eigenvalue weighted by molar-refractivity contribution is -0.140. The van der Waals surface area contributed by atoms with Gasteiger partial charge >= 0.3 is 5.97 Å². The molecule has 106 valence electrons. The molecule has 2 heterocycles. The molecule has 7 heteroatoms. The molecule has 2 rings (SSSR count). The monoisotopic (exact) mass is 338 g/mol. The second-order valence-corrected chi connectivity index (χ2v) is 5.15. The summed E-state index contributed by atoms with van der Waals surface area (Å²) in [5.74, 6) is -0.273. The molecule has 0 aromatic carbocycles. The van der Waals surface area contributed by atoms with Gasteiger partial charge in [0, 0.05) is 24.1 Å². The average Bonchev–Trinajstić information content (AvgIpc) is 2.40. The molecule has 20 heavy (non-hydrogen) atoms. The summed E-state index contributed by atoms with van der Waals surface area (Å²) in [7, 11) is 0. The number of carbonyl (C=O) groups is 1. The van der Waals surface area contributed by atoms with Crippen LogP contribution in [0.25, 0.3) is 11.0 Å². The highest BCUT2D eigenvalue weighted by Gasteiger charge is 2.08. The smallest absolute Gasteiger partial charge is 0.302 e. The normalized spacial score (nSPS) is 10.5. The van der Waals surface area contributed by atoms with Gasteiger partial charge in [0.05, 0.1) is 29.7 Å². The fourth-order valence-electron chi connectivity index (χ4n) is 1.75. The van der Waals surface area contributed by atoms with Crippen molar-refractivity contribution in [3.63, 3.8) is 0 Å². The number of nitrogens with one attached hydrogen (secondary N) is 1. The van der Waals surface area contributed by atoms with Crippen LogP contribution in [0.5, 0.6) is 0 Å².